The number of hydrogen-bond acceptors (Lipinski definition) is 6. The maximum absolute atomic E-state index is 13.1. The molecule has 7 nitrogen and oxygen atoms in total. The highest BCUT2D eigenvalue weighted by Crippen LogP contribution is 2.30. The zero-order valence-corrected chi connectivity index (χ0v) is 16.8. The number of carboxylic acid groups (broad SMARTS) is 1. The number of anilines is 1. The molecule has 0 N–H and O–H groups in total. The van der Waals surface area contributed by atoms with E-state index in [0.717, 1.165) is 0 Å². The van der Waals surface area contributed by atoms with Gasteiger partial charge in [-0.05, 0) is 55.5 Å². The first-order chi connectivity index (χ1) is 13.9. The van der Waals surface area contributed by atoms with Crippen LogP contribution in [-0.2, 0) is 9.59 Å². The molecule has 0 aromatic heterocycles. The molecule has 0 saturated carbocycles. The molecule has 8 heteroatoms. The number of para-hydroxylation sites is 1. The number of carboxylic acids is 1. The SMILES string of the molecule is CCOc1ccc(N2C(=O)/C(=C/c3ccccc3OCC(=O)[O-])N(C)C2=S)cc1. The minimum Gasteiger partial charge on any atom is -0.546 e. The van der Waals surface area contributed by atoms with E-state index in [9.17, 15) is 14.7 Å². The van der Waals surface area contributed by atoms with Gasteiger partial charge in [0.05, 0.1) is 18.3 Å². The molecule has 0 bridgehead atoms. The number of rotatable bonds is 7. The van der Waals surface area contributed by atoms with Crippen molar-refractivity contribution in [2.75, 3.05) is 25.2 Å². The van der Waals surface area contributed by atoms with E-state index in [1.54, 1.807) is 66.6 Å². The Morgan fingerprint density at radius 2 is 1.83 bits per heavy atom. The van der Waals surface area contributed by atoms with Crippen molar-refractivity contribution in [3.63, 3.8) is 0 Å². The third-order valence-electron chi connectivity index (χ3n) is 4.22. The van der Waals surface area contributed by atoms with Gasteiger partial charge in [0.15, 0.2) is 5.11 Å². The van der Waals surface area contributed by atoms with E-state index in [-0.39, 0.29) is 5.91 Å². The lowest BCUT2D eigenvalue weighted by atomic mass is 10.1. The second kappa shape index (κ2) is 8.74. The highest BCUT2D eigenvalue weighted by molar-refractivity contribution is 7.80. The molecule has 3 rings (SSSR count). The third kappa shape index (κ3) is 4.38. The Kier molecular flexibility index (Phi) is 6.13. The topological polar surface area (TPSA) is 82.1 Å². The minimum absolute atomic E-state index is 0.295. The highest BCUT2D eigenvalue weighted by Gasteiger charge is 2.36. The van der Waals surface area contributed by atoms with Crippen molar-refractivity contribution in [3.8, 4) is 11.5 Å². The molecule has 2 aromatic rings. The van der Waals surface area contributed by atoms with Gasteiger partial charge < -0.3 is 24.3 Å². The summed E-state index contributed by atoms with van der Waals surface area (Å²) in [4.78, 5) is 26.8. The lowest BCUT2D eigenvalue weighted by Gasteiger charge is -2.16. The first-order valence-electron chi connectivity index (χ1n) is 8.90. The molecule has 1 amide bonds. The summed E-state index contributed by atoms with van der Waals surface area (Å²) in [6.07, 6.45) is 1.62. The number of carbonyl (C=O) groups excluding carboxylic acids is 2. The van der Waals surface area contributed by atoms with Crippen molar-refractivity contribution >= 4 is 41.0 Å². The molecule has 1 heterocycles. The average Bonchev–Trinajstić information content (AvgIpc) is 2.91. The van der Waals surface area contributed by atoms with Gasteiger partial charge in [-0.25, -0.2) is 0 Å². The van der Waals surface area contributed by atoms with E-state index >= 15 is 0 Å². The highest BCUT2D eigenvalue weighted by atomic mass is 32.1. The zero-order valence-electron chi connectivity index (χ0n) is 16.0. The number of thiocarbonyl (C=S) groups is 1. The first-order valence-corrected chi connectivity index (χ1v) is 9.31. The fourth-order valence-corrected chi connectivity index (χ4v) is 3.14. The van der Waals surface area contributed by atoms with E-state index in [0.29, 0.717) is 40.2 Å². The standard InChI is InChI=1S/C21H20N2O5S/c1-3-27-16-10-8-15(9-11-16)23-20(26)17(22(2)21(23)29)12-14-6-4-5-7-18(14)28-13-19(24)25/h4-12H,3,13H2,1-2H3,(H,24,25)/p-1/b17-12-. The summed E-state index contributed by atoms with van der Waals surface area (Å²) in [5, 5.41) is 11.0. The second-order valence-electron chi connectivity index (χ2n) is 6.14. The van der Waals surface area contributed by atoms with Crippen LogP contribution in [0, 0.1) is 0 Å². The molecule has 2 aromatic carbocycles. The van der Waals surface area contributed by atoms with Crippen LogP contribution in [0.1, 0.15) is 12.5 Å². The summed E-state index contributed by atoms with van der Waals surface area (Å²) < 4.78 is 10.7. The van der Waals surface area contributed by atoms with Gasteiger partial charge >= 0.3 is 0 Å². The summed E-state index contributed by atoms with van der Waals surface area (Å²) >= 11 is 5.46. The van der Waals surface area contributed by atoms with E-state index in [1.807, 2.05) is 6.92 Å². The number of nitrogens with zero attached hydrogens (tertiary/aromatic N) is 2. The largest absolute Gasteiger partial charge is 0.546 e. The van der Waals surface area contributed by atoms with Crippen LogP contribution in [0.2, 0.25) is 0 Å². The van der Waals surface area contributed by atoms with Crippen LogP contribution in [0.15, 0.2) is 54.2 Å². The minimum atomic E-state index is -1.33. The van der Waals surface area contributed by atoms with Gasteiger partial charge in [0.2, 0.25) is 0 Å². The number of likely N-dealkylation sites (N-methyl/N-ethyl adjacent to an activating group) is 1. The summed E-state index contributed by atoms with van der Waals surface area (Å²) in [6, 6.07) is 13.9. The van der Waals surface area contributed by atoms with Crippen molar-refractivity contribution in [2.24, 2.45) is 0 Å². The van der Waals surface area contributed by atoms with E-state index in [4.69, 9.17) is 21.7 Å². The predicted molar refractivity (Wildman–Crippen MR) is 110 cm³/mol. The Morgan fingerprint density at radius 1 is 1.14 bits per heavy atom. The molecule has 150 valence electrons. The molecule has 0 radical (unpaired) electrons. The number of carbonyl (C=O) groups is 2. The molecule has 1 saturated heterocycles. The number of benzene rings is 2. The van der Waals surface area contributed by atoms with Crippen molar-refractivity contribution < 1.29 is 24.2 Å². The summed E-state index contributed by atoms with van der Waals surface area (Å²) in [5.74, 6) is -0.589. The second-order valence-corrected chi connectivity index (χ2v) is 6.50. The molecule has 0 atom stereocenters. The van der Waals surface area contributed by atoms with Gasteiger partial charge in [-0.15, -0.1) is 0 Å². The monoisotopic (exact) mass is 411 g/mol. The lowest BCUT2D eigenvalue weighted by molar-refractivity contribution is -0.307. The molecule has 0 spiro atoms. The number of aliphatic carboxylic acids is 1. The molecule has 1 aliphatic rings. The number of hydrogen-bond donors (Lipinski definition) is 0. The average molecular weight is 411 g/mol. The van der Waals surface area contributed by atoms with Gasteiger partial charge in [0.25, 0.3) is 5.91 Å². The molecule has 1 fully saturated rings. The zero-order chi connectivity index (χ0) is 21.0. The fourth-order valence-electron chi connectivity index (χ4n) is 2.86. The number of amides is 1. The molecule has 29 heavy (non-hydrogen) atoms. The molecule has 0 unspecified atom stereocenters. The van der Waals surface area contributed by atoms with Crippen LogP contribution in [0.25, 0.3) is 6.08 Å². The van der Waals surface area contributed by atoms with Crippen molar-refractivity contribution in [1.82, 2.24) is 4.90 Å². The Bertz CT molecular complexity index is 971. The molecule has 0 aliphatic carbocycles. The van der Waals surface area contributed by atoms with Gasteiger partial charge in [-0.2, -0.15) is 0 Å². The van der Waals surface area contributed by atoms with E-state index in [2.05, 4.69) is 0 Å². The van der Waals surface area contributed by atoms with Crippen LogP contribution < -0.4 is 19.5 Å². The lowest BCUT2D eigenvalue weighted by Crippen LogP contribution is -2.31. The smallest absolute Gasteiger partial charge is 0.281 e. The number of ether oxygens (including phenoxy) is 2. The third-order valence-corrected chi connectivity index (χ3v) is 4.68. The maximum atomic E-state index is 13.1. The van der Waals surface area contributed by atoms with Crippen LogP contribution >= 0.6 is 12.2 Å². The first kappa shape index (κ1) is 20.3. The van der Waals surface area contributed by atoms with Gasteiger partial charge in [-0.3, -0.25) is 9.69 Å². The van der Waals surface area contributed by atoms with Crippen molar-refractivity contribution in [3.05, 3.63) is 59.8 Å². The molecular weight excluding hydrogens is 392 g/mol. The van der Waals surface area contributed by atoms with Crippen LogP contribution in [-0.4, -0.2) is 42.2 Å². The van der Waals surface area contributed by atoms with Crippen LogP contribution in [0.5, 0.6) is 11.5 Å². The quantitative estimate of drug-likeness (QED) is 0.508. The maximum Gasteiger partial charge on any atom is 0.281 e. The van der Waals surface area contributed by atoms with Crippen molar-refractivity contribution in [1.29, 1.82) is 0 Å². The van der Waals surface area contributed by atoms with Crippen LogP contribution in [0.3, 0.4) is 0 Å². The van der Waals surface area contributed by atoms with Crippen LogP contribution in [0.4, 0.5) is 5.69 Å². The molecular formula is C21H19N2O5S-. The summed E-state index contributed by atoms with van der Waals surface area (Å²) in [5.41, 5.74) is 1.52. The Morgan fingerprint density at radius 3 is 2.48 bits per heavy atom. The van der Waals surface area contributed by atoms with E-state index in [1.165, 1.54) is 4.90 Å². The Balaban J connectivity index is 1.91. The van der Waals surface area contributed by atoms with E-state index < -0.39 is 12.6 Å². The summed E-state index contributed by atoms with van der Waals surface area (Å²) in [7, 11) is 1.70. The van der Waals surface area contributed by atoms with Crippen molar-refractivity contribution in [2.45, 2.75) is 6.92 Å². The Hall–Kier alpha value is -3.39. The van der Waals surface area contributed by atoms with Gasteiger partial charge in [0, 0.05) is 12.6 Å². The van der Waals surface area contributed by atoms with Gasteiger partial charge in [0.1, 0.15) is 23.8 Å². The molecule has 1 aliphatic heterocycles. The Labute approximate surface area is 173 Å². The summed E-state index contributed by atoms with van der Waals surface area (Å²) in [6.45, 7) is 1.86. The normalized spacial score (nSPS) is 15.2. The predicted octanol–water partition coefficient (Wildman–Crippen LogP) is 1.82. The van der Waals surface area contributed by atoms with Gasteiger partial charge in [-0.1, -0.05) is 18.2 Å². The fraction of sp³-hybridized carbons (Fsp3) is 0.190.